The fraction of sp³-hybridized carbons (Fsp3) is 0.192. The maximum atomic E-state index is 12.7. The van der Waals surface area contributed by atoms with Crippen molar-refractivity contribution in [2.24, 2.45) is 0 Å². The fourth-order valence-electron chi connectivity index (χ4n) is 3.62. The second-order valence-electron chi connectivity index (χ2n) is 8.55. The van der Waals surface area contributed by atoms with Gasteiger partial charge in [-0.1, -0.05) is 12.1 Å². The van der Waals surface area contributed by atoms with Crippen molar-refractivity contribution in [3.63, 3.8) is 0 Å². The summed E-state index contributed by atoms with van der Waals surface area (Å²) >= 11 is 0. The van der Waals surface area contributed by atoms with Crippen molar-refractivity contribution in [3.8, 4) is 22.4 Å². The molecule has 2 amide bonds. The highest BCUT2D eigenvalue weighted by Gasteiger charge is 2.30. The summed E-state index contributed by atoms with van der Waals surface area (Å²) in [6.07, 6.45) is -0.980. The van der Waals surface area contributed by atoms with E-state index in [1.165, 1.54) is 12.1 Å². The molecule has 4 N–H and O–H groups in total. The molecule has 0 radical (unpaired) electrons. The monoisotopic (exact) mass is 509 g/mol. The lowest BCUT2D eigenvalue weighted by molar-refractivity contribution is -0.137. The van der Waals surface area contributed by atoms with Crippen LogP contribution in [0, 0.1) is 0 Å². The molecule has 0 bridgehead atoms. The van der Waals surface area contributed by atoms with Gasteiger partial charge in [0.15, 0.2) is 0 Å². The molecule has 0 saturated heterocycles. The number of rotatable bonds is 8. The Morgan fingerprint density at radius 2 is 1.73 bits per heavy atom. The highest BCUT2D eigenvalue weighted by atomic mass is 19.4. The number of hydrogen-bond donors (Lipinski definition) is 4. The number of amides is 2. The number of pyridine rings is 1. The summed E-state index contributed by atoms with van der Waals surface area (Å²) in [7, 11) is 4.01. The number of carbonyl (C=O) groups excluding carboxylic acids is 1. The van der Waals surface area contributed by atoms with Crippen molar-refractivity contribution in [1.82, 2.24) is 20.1 Å². The van der Waals surface area contributed by atoms with E-state index < -0.39 is 17.8 Å². The lowest BCUT2D eigenvalue weighted by Gasteiger charge is -2.12. The molecule has 2 aromatic carbocycles. The van der Waals surface area contributed by atoms with Crippen LogP contribution in [0.2, 0.25) is 0 Å². The lowest BCUT2D eigenvalue weighted by atomic mass is 10.0. The van der Waals surface area contributed by atoms with E-state index in [-0.39, 0.29) is 5.69 Å². The summed E-state index contributed by atoms with van der Waals surface area (Å²) in [5.41, 5.74) is 3.30. The Hall–Kier alpha value is -4.38. The molecule has 0 aliphatic heterocycles. The Morgan fingerprint density at radius 3 is 2.46 bits per heavy atom. The molecule has 0 saturated carbocycles. The lowest BCUT2D eigenvalue weighted by Crippen LogP contribution is -2.21. The van der Waals surface area contributed by atoms with Gasteiger partial charge in [-0.05, 0) is 68.2 Å². The SMILES string of the molecule is CN(C)CCNc1cc(-c2cn[nH]c2-c2cccc(NC(=O)Nc3ccc(C(F)(F)F)cc3)c2)ccn1. The molecule has 0 fully saturated rings. The number of aromatic amines is 1. The molecule has 2 heterocycles. The number of nitrogens with zero attached hydrogens (tertiary/aromatic N) is 3. The van der Waals surface area contributed by atoms with E-state index in [0.717, 1.165) is 53.4 Å². The Labute approximate surface area is 211 Å². The van der Waals surface area contributed by atoms with Crippen molar-refractivity contribution in [2.45, 2.75) is 6.18 Å². The van der Waals surface area contributed by atoms with Gasteiger partial charge in [0.25, 0.3) is 0 Å². The van der Waals surface area contributed by atoms with Gasteiger partial charge in [-0.25, -0.2) is 9.78 Å². The summed E-state index contributed by atoms with van der Waals surface area (Å²) in [4.78, 5) is 18.9. The van der Waals surface area contributed by atoms with Crippen LogP contribution in [0.5, 0.6) is 0 Å². The van der Waals surface area contributed by atoms with Crippen LogP contribution in [0.1, 0.15) is 5.56 Å². The quantitative estimate of drug-likeness (QED) is 0.242. The predicted octanol–water partition coefficient (Wildman–Crippen LogP) is 5.78. The van der Waals surface area contributed by atoms with E-state index in [2.05, 4.69) is 36.0 Å². The van der Waals surface area contributed by atoms with Crippen LogP contribution in [0.4, 0.5) is 35.2 Å². The third-order valence-electron chi connectivity index (χ3n) is 5.45. The third-order valence-corrected chi connectivity index (χ3v) is 5.45. The van der Waals surface area contributed by atoms with Gasteiger partial charge < -0.3 is 20.9 Å². The normalized spacial score (nSPS) is 11.4. The number of urea groups is 1. The van der Waals surface area contributed by atoms with Crippen LogP contribution in [0.25, 0.3) is 22.4 Å². The second kappa shape index (κ2) is 11.1. The first kappa shape index (κ1) is 25.7. The molecule has 0 aliphatic rings. The molecule has 2 aromatic heterocycles. The Kier molecular flexibility index (Phi) is 7.73. The minimum atomic E-state index is -4.44. The summed E-state index contributed by atoms with van der Waals surface area (Å²) in [5.74, 6) is 0.752. The highest BCUT2D eigenvalue weighted by Crippen LogP contribution is 2.32. The maximum absolute atomic E-state index is 12.7. The number of H-pyrrole nitrogens is 1. The highest BCUT2D eigenvalue weighted by molar-refractivity contribution is 6.00. The zero-order valence-corrected chi connectivity index (χ0v) is 20.2. The summed E-state index contributed by atoms with van der Waals surface area (Å²) in [6, 6.07) is 14.7. The van der Waals surface area contributed by atoms with Gasteiger partial charge in [-0.3, -0.25) is 5.10 Å². The average Bonchev–Trinajstić information content (AvgIpc) is 3.34. The van der Waals surface area contributed by atoms with Crippen LogP contribution in [-0.4, -0.2) is 53.3 Å². The van der Waals surface area contributed by atoms with E-state index in [9.17, 15) is 18.0 Å². The van der Waals surface area contributed by atoms with Crippen LogP contribution in [0.3, 0.4) is 0 Å². The van der Waals surface area contributed by atoms with Gasteiger partial charge in [-0.2, -0.15) is 18.3 Å². The van der Waals surface area contributed by atoms with Crippen molar-refractivity contribution in [3.05, 3.63) is 78.6 Å². The summed E-state index contributed by atoms with van der Waals surface area (Å²) < 4.78 is 38.2. The number of hydrogen-bond acceptors (Lipinski definition) is 5. The van der Waals surface area contributed by atoms with Crippen LogP contribution < -0.4 is 16.0 Å². The molecule has 4 aromatic rings. The van der Waals surface area contributed by atoms with E-state index in [0.29, 0.717) is 5.69 Å². The molecular weight excluding hydrogens is 483 g/mol. The van der Waals surface area contributed by atoms with Crippen LogP contribution in [-0.2, 0) is 6.18 Å². The number of benzene rings is 2. The third kappa shape index (κ3) is 6.85. The van der Waals surface area contributed by atoms with E-state index in [1.54, 1.807) is 30.6 Å². The van der Waals surface area contributed by atoms with Crippen molar-refractivity contribution in [2.75, 3.05) is 43.1 Å². The van der Waals surface area contributed by atoms with Crippen molar-refractivity contribution in [1.29, 1.82) is 0 Å². The molecule has 0 aliphatic carbocycles. The van der Waals surface area contributed by atoms with Crippen molar-refractivity contribution < 1.29 is 18.0 Å². The van der Waals surface area contributed by atoms with Gasteiger partial charge >= 0.3 is 12.2 Å². The topological polar surface area (TPSA) is 98.0 Å². The zero-order chi connectivity index (χ0) is 26.4. The maximum Gasteiger partial charge on any atom is 0.416 e. The minimum Gasteiger partial charge on any atom is -0.369 e. The molecule has 37 heavy (non-hydrogen) atoms. The summed E-state index contributed by atoms with van der Waals surface area (Å²) in [6.45, 7) is 1.62. The fourth-order valence-corrected chi connectivity index (χ4v) is 3.62. The Balaban J connectivity index is 1.46. The molecule has 0 unspecified atom stereocenters. The number of anilines is 3. The smallest absolute Gasteiger partial charge is 0.369 e. The number of likely N-dealkylation sites (N-methyl/N-ethyl adjacent to an activating group) is 1. The van der Waals surface area contributed by atoms with E-state index >= 15 is 0 Å². The zero-order valence-electron chi connectivity index (χ0n) is 20.2. The van der Waals surface area contributed by atoms with Gasteiger partial charge in [0.05, 0.1) is 17.5 Å². The Bertz CT molecular complexity index is 1350. The predicted molar refractivity (Wildman–Crippen MR) is 138 cm³/mol. The first-order chi connectivity index (χ1) is 17.7. The molecule has 11 heteroatoms. The standard InChI is InChI=1S/C26H26F3N7O/c1-36(2)13-12-31-23-15-17(10-11-30-23)22-16-32-35-24(22)18-4-3-5-21(14-18)34-25(37)33-20-8-6-19(7-9-20)26(27,28)29/h3-11,14-16H,12-13H2,1-2H3,(H,30,31)(H,32,35)(H2,33,34,37). The molecule has 0 spiro atoms. The van der Waals surface area contributed by atoms with Crippen LogP contribution in [0.15, 0.2) is 73.1 Å². The molecule has 0 atom stereocenters. The number of aromatic nitrogens is 3. The Morgan fingerprint density at radius 1 is 0.973 bits per heavy atom. The number of carbonyl (C=O) groups is 1. The number of nitrogens with one attached hydrogen (secondary N) is 4. The second-order valence-corrected chi connectivity index (χ2v) is 8.55. The van der Waals surface area contributed by atoms with Gasteiger partial charge in [0.1, 0.15) is 5.82 Å². The molecule has 4 rings (SSSR count). The largest absolute Gasteiger partial charge is 0.416 e. The first-order valence-electron chi connectivity index (χ1n) is 11.4. The molecule has 192 valence electrons. The minimum absolute atomic E-state index is 0.241. The number of alkyl halides is 3. The van der Waals surface area contributed by atoms with E-state index in [4.69, 9.17) is 0 Å². The molecular formula is C26H26F3N7O. The van der Waals surface area contributed by atoms with E-state index in [1.807, 2.05) is 32.3 Å². The first-order valence-corrected chi connectivity index (χ1v) is 11.4. The van der Waals surface area contributed by atoms with Gasteiger partial charge in [0.2, 0.25) is 0 Å². The molecule has 8 nitrogen and oxygen atoms in total. The van der Waals surface area contributed by atoms with Gasteiger partial charge in [0, 0.05) is 41.8 Å². The average molecular weight is 510 g/mol. The van der Waals surface area contributed by atoms with Crippen LogP contribution >= 0.6 is 0 Å². The van der Waals surface area contributed by atoms with Gasteiger partial charge in [-0.15, -0.1) is 0 Å². The number of halogens is 3. The van der Waals surface area contributed by atoms with Crippen molar-refractivity contribution >= 4 is 23.2 Å². The summed E-state index contributed by atoms with van der Waals surface area (Å²) in [5, 5.41) is 15.8.